The molecule has 2 aliphatic rings. The standard InChI is InChI=1S/C30H35N5O/c1-20-10-11-23(29(2,3)4)16-22(20)17-25-26-27(31-19-34(26)5)33-28(32-25)35-14-12-30(13-15-35)24-9-7-6-8-21(24)18-36-30/h6-11,16,19H,12-15,17-18H2,1-5H3. The quantitative estimate of drug-likeness (QED) is 0.382. The second kappa shape index (κ2) is 8.41. The molecule has 2 aliphatic heterocycles. The summed E-state index contributed by atoms with van der Waals surface area (Å²) in [5, 5.41) is 0. The number of aromatic nitrogens is 4. The molecule has 6 nitrogen and oxygen atoms in total. The van der Waals surface area contributed by atoms with E-state index in [9.17, 15) is 0 Å². The van der Waals surface area contributed by atoms with Crippen molar-refractivity contribution in [2.45, 2.75) is 64.6 Å². The van der Waals surface area contributed by atoms with Gasteiger partial charge < -0.3 is 14.2 Å². The summed E-state index contributed by atoms with van der Waals surface area (Å²) < 4.78 is 8.43. The number of imidazole rings is 1. The maximum absolute atomic E-state index is 6.38. The Balaban J connectivity index is 1.32. The van der Waals surface area contributed by atoms with Gasteiger partial charge in [-0.3, -0.25) is 0 Å². The van der Waals surface area contributed by atoms with Crippen LogP contribution in [-0.4, -0.2) is 32.6 Å². The molecule has 0 saturated carbocycles. The Bertz CT molecular complexity index is 1440. The van der Waals surface area contributed by atoms with Crippen molar-refractivity contribution in [3.8, 4) is 0 Å². The molecule has 6 heteroatoms. The molecule has 6 rings (SSSR count). The van der Waals surface area contributed by atoms with E-state index in [1.54, 1.807) is 0 Å². The maximum Gasteiger partial charge on any atom is 0.227 e. The summed E-state index contributed by atoms with van der Waals surface area (Å²) in [6.07, 6.45) is 4.49. The zero-order valence-electron chi connectivity index (χ0n) is 22.0. The van der Waals surface area contributed by atoms with Crippen LogP contribution in [0.25, 0.3) is 11.2 Å². The number of benzene rings is 2. The fraction of sp³-hybridized carbons (Fsp3) is 0.433. The van der Waals surface area contributed by atoms with Gasteiger partial charge in [-0.25, -0.2) is 9.97 Å². The molecular formula is C30H35N5O. The molecule has 0 bridgehead atoms. The number of ether oxygens (including phenoxy) is 1. The van der Waals surface area contributed by atoms with E-state index in [4.69, 9.17) is 14.7 Å². The molecule has 2 aromatic heterocycles. The maximum atomic E-state index is 6.38. The van der Waals surface area contributed by atoms with E-state index >= 15 is 0 Å². The smallest absolute Gasteiger partial charge is 0.227 e. The molecule has 0 amide bonds. The van der Waals surface area contributed by atoms with Crippen LogP contribution in [0, 0.1) is 6.92 Å². The van der Waals surface area contributed by atoms with Crippen molar-refractivity contribution < 1.29 is 4.74 Å². The van der Waals surface area contributed by atoms with Crippen molar-refractivity contribution in [3.05, 3.63) is 82.3 Å². The molecule has 1 fully saturated rings. The average Bonchev–Trinajstić information content (AvgIpc) is 3.41. The highest BCUT2D eigenvalue weighted by Crippen LogP contribution is 2.44. The summed E-state index contributed by atoms with van der Waals surface area (Å²) in [5.41, 5.74) is 9.38. The van der Waals surface area contributed by atoms with Crippen LogP contribution in [0.5, 0.6) is 0 Å². The van der Waals surface area contributed by atoms with Gasteiger partial charge in [-0.2, -0.15) is 4.98 Å². The first-order chi connectivity index (χ1) is 17.2. The number of rotatable bonds is 3. The third-order valence-electron chi connectivity index (χ3n) is 8.07. The molecule has 4 aromatic rings. The molecule has 4 heterocycles. The Hall–Kier alpha value is -3.25. The van der Waals surface area contributed by atoms with Gasteiger partial charge in [0, 0.05) is 26.6 Å². The van der Waals surface area contributed by atoms with E-state index in [1.165, 1.54) is 27.8 Å². The molecule has 1 saturated heterocycles. The molecular weight excluding hydrogens is 446 g/mol. The van der Waals surface area contributed by atoms with Gasteiger partial charge in [-0.15, -0.1) is 0 Å². The van der Waals surface area contributed by atoms with Gasteiger partial charge in [0.25, 0.3) is 0 Å². The number of piperidine rings is 1. The summed E-state index contributed by atoms with van der Waals surface area (Å²) in [4.78, 5) is 17.0. The molecule has 1 spiro atoms. The molecule has 0 unspecified atom stereocenters. The van der Waals surface area contributed by atoms with E-state index in [0.717, 1.165) is 55.2 Å². The van der Waals surface area contributed by atoms with Crippen molar-refractivity contribution in [1.82, 2.24) is 19.5 Å². The zero-order valence-corrected chi connectivity index (χ0v) is 22.0. The summed E-state index contributed by atoms with van der Waals surface area (Å²) in [5.74, 6) is 0.780. The van der Waals surface area contributed by atoms with E-state index in [-0.39, 0.29) is 11.0 Å². The number of aryl methyl sites for hydroxylation is 2. The minimum absolute atomic E-state index is 0.103. The summed E-state index contributed by atoms with van der Waals surface area (Å²) in [6.45, 7) is 11.4. The van der Waals surface area contributed by atoms with Crippen LogP contribution < -0.4 is 4.90 Å². The molecule has 186 valence electrons. The van der Waals surface area contributed by atoms with Gasteiger partial charge in [0.05, 0.1) is 24.2 Å². The van der Waals surface area contributed by atoms with Gasteiger partial charge in [0.1, 0.15) is 5.52 Å². The number of anilines is 1. The van der Waals surface area contributed by atoms with Crippen molar-refractivity contribution in [3.63, 3.8) is 0 Å². The van der Waals surface area contributed by atoms with Crippen LogP contribution in [0.3, 0.4) is 0 Å². The van der Waals surface area contributed by atoms with Crippen LogP contribution >= 0.6 is 0 Å². The van der Waals surface area contributed by atoms with Crippen molar-refractivity contribution in [2.75, 3.05) is 18.0 Å². The topological polar surface area (TPSA) is 56.1 Å². The summed E-state index contributed by atoms with van der Waals surface area (Å²) in [7, 11) is 2.03. The minimum Gasteiger partial charge on any atom is -0.365 e. The molecule has 0 atom stereocenters. The first-order valence-electron chi connectivity index (χ1n) is 13.0. The zero-order chi connectivity index (χ0) is 25.1. The van der Waals surface area contributed by atoms with Gasteiger partial charge in [-0.05, 0) is 53.0 Å². The van der Waals surface area contributed by atoms with E-state index < -0.39 is 0 Å². The highest BCUT2D eigenvalue weighted by Gasteiger charge is 2.42. The molecule has 0 aliphatic carbocycles. The number of fused-ring (bicyclic) bond motifs is 3. The van der Waals surface area contributed by atoms with Crippen LogP contribution in [0.4, 0.5) is 5.95 Å². The molecule has 2 aromatic carbocycles. The van der Waals surface area contributed by atoms with Crippen molar-refractivity contribution in [1.29, 1.82) is 0 Å². The second-order valence-electron chi connectivity index (χ2n) is 11.5. The van der Waals surface area contributed by atoms with Crippen LogP contribution in [0.2, 0.25) is 0 Å². The Morgan fingerprint density at radius 2 is 1.81 bits per heavy atom. The third kappa shape index (κ3) is 3.88. The lowest BCUT2D eigenvalue weighted by atomic mass is 9.84. The highest BCUT2D eigenvalue weighted by molar-refractivity contribution is 5.75. The summed E-state index contributed by atoms with van der Waals surface area (Å²) in [6, 6.07) is 15.5. The third-order valence-corrected chi connectivity index (χ3v) is 8.07. The van der Waals surface area contributed by atoms with Gasteiger partial charge in [-0.1, -0.05) is 63.2 Å². The number of hydrogen-bond donors (Lipinski definition) is 0. The lowest BCUT2D eigenvalue weighted by Crippen LogP contribution is -2.43. The van der Waals surface area contributed by atoms with Gasteiger partial charge >= 0.3 is 0 Å². The molecule has 0 N–H and O–H groups in total. The SMILES string of the molecule is Cc1ccc(C(C)(C)C)cc1Cc1nc(N2CCC3(CC2)OCc2ccccc23)nc2ncn(C)c12. The molecule has 36 heavy (non-hydrogen) atoms. The minimum atomic E-state index is -0.171. The Morgan fingerprint density at radius 1 is 1.03 bits per heavy atom. The lowest BCUT2D eigenvalue weighted by Gasteiger charge is -2.39. The fourth-order valence-corrected chi connectivity index (χ4v) is 5.77. The van der Waals surface area contributed by atoms with Crippen LogP contribution in [-0.2, 0) is 35.8 Å². The number of hydrogen-bond acceptors (Lipinski definition) is 5. The highest BCUT2D eigenvalue weighted by atomic mass is 16.5. The lowest BCUT2D eigenvalue weighted by molar-refractivity contribution is -0.0552. The van der Waals surface area contributed by atoms with Crippen molar-refractivity contribution in [2.24, 2.45) is 7.05 Å². The fourth-order valence-electron chi connectivity index (χ4n) is 5.77. The summed E-state index contributed by atoms with van der Waals surface area (Å²) >= 11 is 0. The Morgan fingerprint density at radius 3 is 2.58 bits per heavy atom. The normalized spacial score (nSPS) is 17.2. The van der Waals surface area contributed by atoms with Crippen molar-refractivity contribution >= 4 is 17.1 Å². The first-order valence-corrected chi connectivity index (χ1v) is 13.0. The van der Waals surface area contributed by atoms with Gasteiger partial charge in [0.15, 0.2) is 5.65 Å². The predicted octanol–water partition coefficient (Wildman–Crippen LogP) is 5.59. The first kappa shape index (κ1) is 23.2. The van der Waals surface area contributed by atoms with E-state index in [0.29, 0.717) is 6.61 Å². The average molecular weight is 482 g/mol. The Kier molecular flexibility index (Phi) is 5.41. The van der Waals surface area contributed by atoms with Crippen LogP contribution in [0.1, 0.15) is 67.1 Å². The predicted molar refractivity (Wildman–Crippen MR) is 143 cm³/mol. The van der Waals surface area contributed by atoms with E-state index in [2.05, 4.69) is 80.0 Å². The Labute approximate surface area is 213 Å². The monoisotopic (exact) mass is 481 g/mol. The van der Waals surface area contributed by atoms with Crippen LogP contribution in [0.15, 0.2) is 48.8 Å². The van der Waals surface area contributed by atoms with Gasteiger partial charge in [0.2, 0.25) is 5.95 Å². The molecule has 0 radical (unpaired) electrons. The second-order valence-corrected chi connectivity index (χ2v) is 11.5. The van der Waals surface area contributed by atoms with E-state index in [1.807, 2.05) is 17.9 Å². The number of nitrogens with zero attached hydrogens (tertiary/aromatic N) is 5. The largest absolute Gasteiger partial charge is 0.365 e.